The highest BCUT2D eigenvalue weighted by Gasteiger charge is 1.97. The average molecular weight is 186 g/mol. The number of rotatable bonds is 1. The van der Waals surface area contributed by atoms with Crippen molar-refractivity contribution in [3.63, 3.8) is 0 Å². The van der Waals surface area contributed by atoms with Crippen LogP contribution in [0.4, 0.5) is 0 Å². The van der Waals surface area contributed by atoms with Crippen molar-refractivity contribution in [2.75, 3.05) is 0 Å². The summed E-state index contributed by atoms with van der Waals surface area (Å²) in [6.45, 7) is 0.188. The molecule has 1 aromatic carbocycles. The smallest absolute Gasteiger partial charge is 0.255 e. The minimum Gasteiger partial charge on any atom is -0.284 e. The summed E-state index contributed by atoms with van der Waals surface area (Å²) >= 11 is 0. The molecule has 0 spiro atoms. The van der Waals surface area contributed by atoms with Gasteiger partial charge in [0.1, 0.15) is 0 Å². The minimum atomic E-state index is -0.0709. The second kappa shape index (κ2) is 3.50. The number of para-hydroxylation sites is 1. The van der Waals surface area contributed by atoms with Crippen LogP contribution in [0, 0.1) is 6.90 Å². The van der Waals surface area contributed by atoms with Gasteiger partial charge in [0, 0.05) is 19.3 Å². The molecular formula is C12H11NO. The Balaban J connectivity index is 2.57. The molecule has 0 saturated carbocycles. The quantitative estimate of drug-likeness (QED) is 0.668. The summed E-state index contributed by atoms with van der Waals surface area (Å²) in [5.74, 6) is 0. The van der Waals surface area contributed by atoms with Crippen LogP contribution in [-0.4, -0.2) is 4.57 Å². The predicted octanol–water partition coefficient (Wildman–Crippen LogP) is 2.15. The lowest BCUT2D eigenvalue weighted by atomic mass is 10.3. The van der Waals surface area contributed by atoms with Gasteiger partial charge in [-0.1, -0.05) is 24.3 Å². The summed E-state index contributed by atoms with van der Waals surface area (Å²) in [6, 6.07) is 12.6. The first kappa shape index (κ1) is 7.56. The number of hydrogen-bond acceptors (Lipinski definition) is 1. The third-order valence-corrected chi connectivity index (χ3v) is 2.01. The second-order valence-electron chi connectivity index (χ2n) is 3.08. The summed E-state index contributed by atoms with van der Waals surface area (Å²) in [4.78, 5) is 11.6. The van der Waals surface area contributed by atoms with Gasteiger partial charge in [-0.05, 0) is 24.6 Å². The molecule has 0 fully saturated rings. The zero-order valence-electron chi connectivity index (χ0n) is 8.68. The molecule has 0 N–H and O–H groups in total. The van der Waals surface area contributed by atoms with E-state index in [1.54, 1.807) is 16.8 Å². The highest BCUT2D eigenvalue weighted by molar-refractivity contribution is 5.32. The van der Waals surface area contributed by atoms with E-state index in [4.69, 9.17) is 1.37 Å². The summed E-state index contributed by atoms with van der Waals surface area (Å²) in [6.07, 6.45) is 1.71. The molecule has 0 saturated heterocycles. The van der Waals surface area contributed by atoms with Crippen LogP contribution in [0.3, 0.4) is 0 Å². The Morgan fingerprint density at radius 3 is 2.64 bits per heavy atom. The molecular weight excluding hydrogens is 174 g/mol. The van der Waals surface area contributed by atoms with E-state index in [9.17, 15) is 4.79 Å². The number of hydrogen-bond donors (Lipinski definition) is 0. The van der Waals surface area contributed by atoms with Crippen molar-refractivity contribution in [3.8, 4) is 5.69 Å². The third-order valence-electron chi connectivity index (χ3n) is 2.01. The molecule has 2 heteroatoms. The number of benzene rings is 1. The van der Waals surface area contributed by atoms with Crippen molar-refractivity contribution in [1.29, 1.82) is 0 Å². The second-order valence-corrected chi connectivity index (χ2v) is 3.08. The maximum absolute atomic E-state index is 11.6. The summed E-state index contributed by atoms with van der Waals surface area (Å²) in [5, 5.41) is 0. The lowest BCUT2D eigenvalue weighted by molar-refractivity contribution is 0.976. The molecule has 2 nitrogen and oxygen atoms in total. The van der Waals surface area contributed by atoms with Crippen molar-refractivity contribution in [1.82, 2.24) is 4.57 Å². The minimum absolute atomic E-state index is 0.0709. The molecule has 0 atom stereocenters. The van der Waals surface area contributed by atoms with E-state index in [0.717, 1.165) is 11.3 Å². The topological polar surface area (TPSA) is 22.0 Å². The Morgan fingerprint density at radius 1 is 1.14 bits per heavy atom. The van der Waals surface area contributed by atoms with E-state index in [-0.39, 0.29) is 12.5 Å². The van der Waals surface area contributed by atoms with Gasteiger partial charge in [0.15, 0.2) is 0 Å². The Kier molecular flexibility index (Phi) is 1.89. The number of aromatic nitrogens is 1. The van der Waals surface area contributed by atoms with Crippen LogP contribution in [-0.2, 0) is 0 Å². The van der Waals surface area contributed by atoms with Crippen molar-refractivity contribution in [2.45, 2.75) is 6.90 Å². The number of pyridine rings is 1. The van der Waals surface area contributed by atoms with E-state index in [1.807, 2.05) is 30.3 Å². The fourth-order valence-corrected chi connectivity index (χ4v) is 1.32. The molecule has 0 radical (unpaired) electrons. The van der Waals surface area contributed by atoms with Gasteiger partial charge < -0.3 is 0 Å². The summed E-state index contributed by atoms with van der Waals surface area (Å²) in [5.41, 5.74) is 1.59. The van der Waals surface area contributed by atoms with Gasteiger partial charge in [0.05, 0.1) is 0 Å². The standard InChI is InChI=1S/C12H11NO/c1-10-7-8-12(14)13(9-10)11-5-3-2-4-6-11/h2-9H,1H3/i1D. The Labute approximate surface area is 83.8 Å². The van der Waals surface area contributed by atoms with Crippen LogP contribution in [0.15, 0.2) is 53.5 Å². The number of aryl methyl sites for hydroxylation is 1. The molecule has 1 aromatic heterocycles. The Bertz CT molecular complexity index is 505. The molecule has 1 heterocycles. The molecule has 0 bridgehead atoms. The molecule has 2 rings (SSSR count). The van der Waals surface area contributed by atoms with Gasteiger partial charge >= 0.3 is 0 Å². The lowest BCUT2D eigenvalue weighted by Gasteiger charge is -2.05. The summed E-state index contributed by atoms with van der Waals surface area (Å²) in [7, 11) is 0. The zero-order valence-corrected chi connectivity index (χ0v) is 7.68. The molecule has 0 aliphatic heterocycles. The normalized spacial score (nSPS) is 11.0. The predicted molar refractivity (Wildman–Crippen MR) is 56.8 cm³/mol. The van der Waals surface area contributed by atoms with Crippen molar-refractivity contribution < 1.29 is 1.37 Å². The van der Waals surface area contributed by atoms with E-state index < -0.39 is 0 Å². The van der Waals surface area contributed by atoms with E-state index in [2.05, 4.69) is 0 Å². The van der Waals surface area contributed by atoms with Crippen molar-refractivity contribution in [3.05, 3.63) is 64.6 Å². The van der Waals surface area contributed by atoms with E-state index in [0.29, 0.717) is 0 Å². The first-order chi connectivity index (χ1) is 7.31. The maximum Gasteiger partial charge on any atom is 0.255 e. The van der Waals surface area contributed by atoms with Crippen LogP contribution >= 0.6 is 0 Å². The first-order valence-electron chi connectivity index (χ1n) is 5.08. The van der Waals surface area contributed by atoms with Gasteiger partial charge in [-0.3, -0.25) is 9.36 Å². The van der Waals surface area contributed by atoms with Gasteiger partial charge in [-0.15, -0.1) is 0 Å². The van der Waals surface area contributed by atoms with E-state index in [1.165, 1.54) is 6.07 Å². The fourth-order valence-electron chi connectivity index (χ4n) is 1.32. The molecule has 0 aliphatic rings. The van der Waals surface area contributed by atoms with Crippen LogP contribution in [0.2, 0.25) is 0 Å². The summed E-state index contributed by atoms with van der Waals surface area (Å²) < 4.78 is 8.82. The molecule has 2 aromatic rings. The van der Waals surface area contributed by atoms with Crippen LogP contribution in [0.25, 0.3) is 5.69 Å². The van der Waals surface area contributed by atoms with Crippen LogP contribution < -0.4 is 5.56 Å². The van der Waals surface area contributed by atoms with Crippen LogP contribution in [0.1, 0.15) is 6.93 Å². The van der Waals surface area contributed by atoms with Gasteiger partial charge in [-0.25, -0.2) is 0 Å². The highest BCUT2D eigenvalue weighted by atomic mass is 16.1. The average Bonchev–Trinajstić information content (AvgIpc) is 2.31. The van der Waals surface area contributed by atoms with E-state index >= 15 is 0 Å². The monoisotopic (exact) mass is 186 g/mol. The zero-order chi connectivity index (χ0) is 10.7. The van der Waals surface area contributed by atoms with Gasteiger partial charge in [0.2, 0.25) is 0 Å². The maximum atomic E-state index is 11.6. The van der Waals surface area contributed by atoms with Crippen molar-refractivity contribution >= 4 is 0 Å². The SMILES string of the molecule is [2H]Cc1ccc(=O)n(-c2ccccc2)c1. The fraction of sp³-hybridized carbons (Fsp3) is 0.0833. The largest absolute Gasteiger partial charge is 0.284 e. The van der Waals surface area contributed by atoms with Crippen LogP contribution in [0.5, 0.6) is 0 Å². The molecule has 0 aliphatic carbocycles. The molecule has 70 valence electrons. The Hall–Kier alpha value is -1.83. The van der Waals surface area contributed by atoms with Crippen molar-refractivity contribution in [2.24, 2.45) is 0 Å². The van der Waals surface area contributed by atoms with Gasteiger partial charge in [0.25, 0.3) is 5.56 Å². The molecule has 14 heavy (non-hydrogen) atoms. The Morgan fingerprint density at radius 2 is 1.93 bits per heavy atom. The molecule has 0 amide bonds. The lowest BCUT2D eigenvalue weighted by Crippen LogP contribution is -2.16. The first-order valence-corrected chi connectivity index (χ1v) is 4.37. The third kappa shape index (κ3) is 1.59. The number of nitrogens with zero attached hydrogens (tertiary/aromatic N) is 1. The highest BCUT2D eigenvalue weighted by Crippen LogP contribution is 2.04. The molecule has 0 unspecified atom stereocenters. The van der Waals surface area contributed by atoms with Gasteiger partial charge in [-0.2, -0.15) is 0 Å².